The number of aromatic nitrogens is 2. The minimum absolute atomic E-state index is 0.237. The quantitative estimate of drug-likeness (QED) is 0.412. The van der Waals surface area contributed by atoms with Crippen LogP contribution in [0.15, 0.2) is 66.2 Å². The Balaban J connectivity index is 1.35. The second-order valence-electron chi connectivity index (χ2n) is 7.25. The highest BCUT2D eigenvalue weighted by Gasteiger charge is 2.12. The van der Waals surface area contributed by atoms with Gasteiger partial charge >= 0.3 is 0 Å². The molecule has 1 amide bonds. The number of halogens is 1. The molecule has 0 aliphatic carbocycles. The molecule has 0 saturated heterocycles. The largest absolute Gasteiger partial charge is 0.489 e. The number of aryl methyl sites for hydroxylation is 1. The lowest BCUT2D eigenvalue weighted by atomic mass is 10.1. The van der Waals surface area contributed by atoms with Crippen molar-refractivity contribution in [1.29, 1.82) is 0 Å². The summed E-state index contributed by atoms with van der Waals surface area (Å²) in [7, 11) is 0. The van der Waals surface area contributed by atoms with Crippen LogP contribution in [-0.2, 0) is 13.2 Å². The first kappa shape index (κ1) is 20.8. The molecule has 0 aliphatic heterocycles. The molecule has 0 fully saturated rings. The SMILES string of the molecule is Cc1cccc(OCc2csc(C(=O)Nc3ccn(Cc4ccccc4F)n3)c2)c1C. The van der Waals surface area contributed by atoms with Crippen LogP contribution in [0.1, 0.15) is 31.9 Å². The predicted octanol–water partition coefficient (Wildman–Crippen LogP) is 5.58. The van der Waals surface area contributed by atoms with Crippen molar-refractivity contribution in [3.05, 3.63) is 99.1 Å². The van der Waals surface area contributed by atoms with E-state index < -0.39 is 0 Å². The molecule has 0 saturated carbocycles. The third-order valence-electron chi connectivity index (χ3n) is 5.00. The molecule has 0 unspecified atom stereocenters. The number of nitrogens with one attached hydrogen (secondary N) is 1. The Hall–Kier alpha value is -3.45. The Kier molecular flexibility index (Phi) is 6.13. The zero-order chi connectivity index (χ0) is 21.8. The Morgan fingerprint density at radius 1 is 1.16 bits per heavy atom. The number of carbonyl (C=O) groups is 1. The van der Waals surface area contributed by atoms with E-state index in [2.05, 4.69) is 10.4 Å². The summed E-state index contributed by atoms with van der Waals surface area (Å²) in [4.78, 5) is 13.1. The smallest absolute Gasteiger partial charge is 0.266 e. The number of carbonyl (C=O) groups excluding carboxylic acids is 1. The topological polar surface area (TPSA) is 56.1 Å². The van der Waals surface area contributed by atoms with Crippen molar-refractivity contribution in [1.82, 2.24) is 9.78 Å². The number of nitrogens with zero attached hydrogens (tertiary/aromatic N) is 2. The Morgan fingerprint density at radius 2 is 2.00 bits per heavy atom. The maximum absolute atomic E-state index is 13.8. The Bertz CT molecular complexity index is 1220. The minimum Gasteiger partial charge on any atom is -0.489 e. The molecular weight excluding hydrogens is 413 g/mol. The summed E-state index contributed by atoms with van der Waals surface area (Å²) in [5, 5.41) is 9.01. The maximum atomic E-state index is 13.8. The molecular formula is C24H22FN3O2S. The highest BCUT2D eigenvalue weighted by molar-refractivity contribution is 7.12. The van der Waals surface area contributed by atoms with E-state index >= 15 is 0 Å². The summed E-state index contributed by atoms with van der Waals surface area (Å²) < 4.78 is 21.3. The van der Waals surface area contributed by atoms with Gasteiger partial charge < -0.3 is 10.1 Å². The molecule has 5 nitrogen and oxygen atoms in total. The maximum Gasteiger partial charge on any atom is 0.266 e. The first-order valence-corrected chi connectivity index (χ1v) is 10.7. The molecule has 0 atom stereocenters. The van der Waals surface area contributed by atoms with E-state index in [1.54, 1.807) is 35.1 Å². The lowest BCUT2D eigenvalue weighted by Gasteiger charge is -2.09. The molecule has 0 bridgehead atoms. The summed E-state index contributed by atoms with van der Waals surface area (Å²) in [6, 6.07) is 16.0. The fourth-order valence-electron chi connectivity index (χ4n) is 3.11. The third-order valence-corrected chi connectivity index (χ3v) is 5.98. The third kappa shape index (κ3) is 5.00. The van der Waals surface area contributed by atoms with Crippen LogP contribution >= 0.6 is 11.3 Å². The lowest BCUT2D eigenvalue weighted by Crippen LogP contribution is -2.11. The molecule has 1 N–H and O–H groups in total. The number of anilines is 1. The normalized spacial score (nSPS) is 10.8. The van der Waals surface area contributed by atoms with Gasteiger partial charge in [0.05, 0.1) is 11.4 Å². The lowest BCUT2D eigenvalue weighted by molar-refractivity contribution is 0.103. The summed E-state index contributed by atoms with van der Waals surface area (Å²) in [5.41, 5.74) is 3.76. The van der Waals surface area contributed by atoms with E-state index in [0.29, 0.717) is 29.4 Å². The van der Waals surface area contributed by atoms with E-state index in [0.717, 1.165) is 16.9 Å². The van der Waals surface area contributed by atoms with Crippen LogP contribution in [0.3, 0.4) is 0 Å². The van der Waals surface area contributed by atoms with E-state index in [1.807, 2.05) is 43.5 Å². The van der Waals surface area contributed by atoms with Gasteiger partial charge in [0.25, 0.3) is 5.91 Å². The van der Waals surface area contributed by atoms with Gasteiger partial charge in [-0.2, -0.15) is 5.10 Å². The molecule has 7 heteroatoms. The number of thiophene rings is 1. The van der Waals surface area contributed by atoms with Crippen molar-refractivity contribution in [2.24, 2.45) is 0 Å². The highest BCUT2D eigenvalue weighted by Crippen LogP contribution is 2.23. The van der Waals surface area contributed by atoms with Gasteiger partial charge in [0.1, 0.15) is 18.2 Å². The van der Waals surface area contributed by atoms with E-state index in [-0.39, 0.29) is 11.7 Å². The monoisotopic (exact) mass is 435 g/mol. The van der Waals surface area contributed by atoms with Crippen LogP contribution in [0, 0.1) is 19.7 Å². The van der Waals surface area contributed by atoms with Crippen LogP contribution < -0.4 is 10.1 Å². The van der Waals surface area contributed by atoms with Crippen LogP contribution in [0.25, 0.3) is 0 Å². The van der Waals surface area contributed by atoms with Gasteiger partial charge in [-0.15, -0.1) is 11.3 Å². The molecule has 4 rings (SSSR count). The highest BCUT2D eigenvalue weighted by atomic mass is 32.1. The van der Waals surface area contributed by atoms with Gasteiger partial charge in [0.2, 0.25) is 0 Å². The first-order chi connectivity index (χ1) is 15.0. The van der Waals surface area contributed by atoms with Crippen molar-refractivity contribution in [3.8, 4) is 5.75 Å². The van der Waals surface area contributed by atoms with Crippen LogP contribution in [0.5, 0.6) is 5.75 Å². The van der Waals surface area contributed by atoms with Gasteiger partial charge in [-0.25, -0.2) is 4.39 Å². The number of amides is 1. The molecule has 31 heavy (non-hydrogen) atoms. The first-order valence-electron chi connectivity index (χ1n) is 9.84. The fourth-order valence-corrected chi connectivity index (χ4v) is 3.90. The average molecular weight is 436 g/mol. The molecule has 4 aromatic rings. The van der Waals surface area contributed by atoms with Gasteiger partial charge in [0, 0.05) is 23.4 Å². The van der Waals surface area contributed by atoms with E-state index in [9.17, 15) is 9.18 Å². The molecule has 0 aliphatic rings. The minimum atomic E-state index is -0.280. The molecule has 2 aromatic heterocycles. The second kappa shape index (κ2) is 9.14. The van der Waals surface area contributed by atoms with Crippen LogP contribution in [0.2, 0.25) is 0 Å². The van der Waals surface area contributed by atoms with Crippen molar-refractivity contribution < 1.29 is 13.9 Å². The number of hydrogen-bond acceptors (Lipinski definition) is 4. The van der Waals surface area contributed by atoms with Crippen molar-refractivity contribution in [3.63, 3.8) is 0 Å². The standard InChI is InChI=1S/C24H22FN3O2S/c1-16-6-5-9-21(17(16)2)30-14-18-12-22(31-15-18)24(29)26-23-10-11-28(27-23)13-19-7-3-4-8-20(19)25/h3-12,15H,13-14H2,1-2H3,(H,26,27,29). The zero-order valence-corrected chi connectivity index (χ0v) is 18.1. The summed E-state index contributed by atoms with van der Waals surface area (Å²) in [5.74, 6) is 0.748. The summed E-state index contributed by atoms with van der Waals surface area (Å²) in [6.07, 6.45) is 1.71. The molecule has 0 spiro atoms. The predicted molar refractivity (Wildman–Crippen MR) is 120 cm³/mol. The summed E-state index contributed by atoms with van der Waals surface area (Å²) >= 11 is 1.35. The van der Waals surface area contributed by atoms with Crippen LogP contribution in [0.4, 0.5) is 10.2 Å². The van der Waals surface area contributed by atoms with Crippen LogP contribution in [-0.4, -0.2) is 15.7 Å². The van der Waals surface area contributed by atoms with Gasteiger partial charge in [-0.05, 0) is 48.6 Å². The molecule has 2 aromatic carbocycles. The van der Waals surface area contributed by atoms with Crippen molar-refractivity contribution in [2.75, 3.05) is 5.32 Å². The Morgan fingerprint density at radius 3 is 2.84 bits per heavy atom. The number of benzene rings is 2. The van der Waals surface area contributed by atoms with Crippen molar-refractivity contribution in [2.45, 2.75) is 27.0 Å². The molecule has 0 radical (unpaired) electrons. The number of hydrogen-bond donors (Lipinski definition) is 1. The zero-order valence-electron chi connectivity index (χ0n) is 17.3. The summed E-state index contributed by atoms with van der Waals surface area (Å²) in [6.45, 7) is 4.77. The van der Waals surface area contributed by atoms with Crippen molar-refractivity contribution >= 4 is 23.1 Å². The number of ether oxygens (including phenoxy) is 1. The van der Waals surface area contributed by atoms with Gasteiger partial charge in [-0.3, -0.25) is 9.48 Å². The Labute approximate surface area is 184 Å². The van der Waals surface area contributed by atoms with Gasteiger partial charge in [0.15, 0.2) is 5.82 Å². The molecule has 158 valence electrons. The average Bonchev–Trinajstić information content (AvgIpc) is 3.40. The van der Waals surface area contributed by atoms with E-state index in [1.165, 1.54) is 23.0 Å². The van der Waals surface area contributed by atoms with Gasteiger partial charge in [-0.1, -0.05) is 30.3 Å². The number of rotatable bonds is 7. The van der Waals surface area contributed by atoms with E-state index in [4.69, 9.17) is 4.74 Å². The molecule has 2 heterocycles. The fraction of sp³-hybridized carbons (Fsp3) is 0.167. The second-order valence-corrected chi connectivity index (χ2v) is 8.16.